The minimum atomic E-state index is -0.437. The Morgan fingerprint density at radius 2 is 2.13 bits per heavy atom. The van der Waals surface area contributed by atoms with Gasteiger partial charge in [0.1, 0.15) is 5.82 Å². The molecule has 1 saturated carbocycles. The molecule has 124 valence electrons. The van der Waals surface area contributed by atoms with Crippen molar-refractivity contribution < 1.29 is 14.0 Å². The van der Waals surface area contributed by atoms with Crippen LogP contribution >= 0.6 is 0 Å². The summed E-state index contributed by atoms with van der Waals surface area (Å²) in [6.07, 6.45) is 2.61. The molecule has 6 heteroatoms. The smallest absolute Gasteiger partial charge is 0.227 e. The van der Waals surface area contributed by atoms with Crippen molar-refractivity contribution in [2.24, 2.45) is 5.92 Å². The molecule has 23 heavy (non-hydrogen) atoms. The van der Waals surface area contributed by atoms with Gasteiger partial charge in [-0.15, -0.1) is 0 Å². The number of rotatable bonds is 6. The van der Waals surface area contributed by atoms with Crippen LogP contribution in [0, 0.1) is 11.7 Å². The summed E-state index contributed by atoms with van der Waals surface area (Å²) in [6, 6.07) is 6.82. The first-order chi connectivity index (χ1) is 11.1. The van der Waals surface area contributed by atoms with Crippen molar-refractivity contribution in [3.05, 3.63) is 30.1 Å². The standard InChI is InChI=1S/C17H22FN3O2/c1-20(13-6-7-13)9-8-19-17(23)12-10-16(22)21(11-12)15-5-3-2-4-14(15)18/h2-5,12-13H,6-11H2,1H3,(H,19,23)/t12-/m1/s1. The lowest BCUT2D eigenvalue weighted by Gasteiger charge is -2.18. The fourth-order valence-electron chi connectivity index (χ4n) is 2.98. The van der Waals surface area contributed by atoms with Gasteiger partial charge in [0.05, 0.1) is 11.6 Å². The number of carbonyl (C=O) groups is 2. The van der Waals surface area contributed by atoms with Gasteiger partial charge in [0.25, 0.3) is 0 Å². The van der Waals surface area contributed by atoms with E-state index in [0.29, 0.717) is 12.6 Å². The maximum Gasteiger partial charge on any atom is 0.227 e. The van der Waals surface area contributed by atoms with Gasteiger partial charge in [0.15, 0.2) is 0 Å². The highest BCUT2D eigenvalue weighted by molar-refractivity contribution is 6.00. The van der Waals surface area contributed by atoms with Crippen LogP contribution in [0.25, 0.3) is 0 Å². The zero-order valence-corrected chi connectivity index (χ0v) is 13.3. The zero-order valence-electron chi connectivity index (χ0n) is 13.3. The van der Waals surface area contributed by atoms with Gasteiger partial charge >= 0.3 is 0 Å². The largest absolute Gasteiger partial charge is 0.355 e. The SMILES string of the molecule is CN(CCNC(=O)[C@@H]1CC(=O)N(c2ccccc2F)C1)C1CC1. The Balaban J connectivity index is 1.52. The minimum absolute atomic E-state index is 0.124. The third-order valence-corrected chi connectivity index (χ3v) is 4.57. The number of hydrogen-bond donors (Lipinski definition) is 1. The average molecular weight is 319 g/mol. The van der Waals surface area contributed by atoms with E-state index in [-0.39, 0.29) is 30.5 Å². The molecule has 3 rings (SSSR count). The van der Waals surface area contributed by atoms with Crippen LogP contribution in [0.5, 0.6) is 0 Å². The second-order valence-corrected chi connectivity index (χ2v) is 6.36. The summed E-state index contributed by atoms with van der Waals surface area (Å²) in [6.45, 7) is 1.63. The van der Waals surface area contributed by atoms with E-state index in [1.807, 2.05) is 0 Å². The Labute approximate surface area is 135 Å². The monoisotopic (exact) mass is 319 g/mol. The molecule has 2 fully saturated rings. The van der Waals surface area contributed by atoms with Crippen LogP contribution in [0.1, 0.15) is 19.3 Å². The van der Waals surface area contributed by atoms with E-state index in [1.54, 1.807) is 18.2 Å². The van der Waals surface area contributed by atoms with Gasteiger partial charge in [-0.1, -0.05) is 12.1 Å². The Bertz CT molecular complexity index is 603. The number of halogens is 1. The first-order valence-corrected chi connectivity index (χ1v) is 8.09. The highest BCUT2D eigenvalue weighted by Crippen LogP contribution is 2.27. The van der Waals surface area contributed by atoms with Crippen molar-refractivity contribution in [3.8, 4) is 0 Å². The zero-order chi connectivity index (χ0) is 16.4. The molecule has 1 aromatic rings. The first-order valence-electron chi connectivity index (χ1n) is 8.09. The molecular formula is C17H22FN3O2. The van der Waals surface area contributed by atoms with Crippen LogP contribution in [0.3, 0.4) is 0 Å². The molecule has 1 aromatic carbocycles. The molecule has 0 spiro atoms. The number of nitrogens with one attached hydrogen (secondary N) is 1. The van der Waals surface area contributed by atoms with Crippen LogP contribution in [0.4, 0.5) is 10.1 Å². The number of hydrogen-bond acceptors (Lipinski definition) is 3. The van der Waals surface area contributed by atoms with E-state index >= 15 is 0 Å². The Hall–Kier alpha value is -1.95. The molecule has 1 aliphatic heterocycles. The molecule has 2 amide bonds. The van der Waals surface area contributed by atoms with E-state index < -0.39 is 11.7 Å². The summed E-state index contributed by atoms with van der Waals surface area (Å²) in [5.74, 6) is -1.17. The lowest BCUT2D eigenvalue weighted by atomic mass is 10.1. The van der Waals surface area contributed by atoms with Gasteiger partial charge < -0.3 is 15.1 Å². The number of carbonyl (C=O) groups excluding carboxylic acids is 2. The van der Waals surface area contributed by atoms with E-state index in [2.05, 4.69) is 17.3 Å². The minimum Gasteiger partial charge on any atom is -0.355 e. The van der Waals surface area contributed by atoms with Crippen LogP contribution in [-0.4, -0.2) is 49.4 Å². The van der Waals surface area contributed by atoms with Gasteiger partial charge in [-0.3, -0.25) is 9.59 Å². The van der Waals surface area contributed by atoms with Gasteiger partial charge in [-0.25, -0.2) is 4.39 Å². The molecule has 0 bridgehead atoms. The topological polar surface area (TPSA) is 52.7 Å². The van der Waals surface area contributed by atoms with E-state index in [0.717, 1.165) is 6.54 Å². The molecular weight excluding hydrogens is 297 g/mol. The fourth-order valence-corrected chi connectivity index (χ4v) is 2.98. The molecule has 1 heterocycles. The summed E-state index contributed by atoms with van der Waals surface area (Å²) in [4.78, 5) is 27.9. The second-order valence-electron chi connectivity index (χ2n) is 6.36. The van der Waals surface area contributed by atoms with Gasteiger partial charge in [-0.2, -0.15) is 0 Å². The molecule has 0 radical (unpaired) electrons. The maximum atomic E-state index is 13.8. The van der Waals surface area contributed by atoms with Crippen LogP contribution in [0.2, 0.25) is 0 Å². The lowest BCUT2D eigenvalue weighted by molar-refractivity contribution is -0.126. The number of nitrogens with zero attached hydrogens (tertiary/aromatic N) is 2. The van der Waals surface area contributed by atoms with E-state index in [9.17, 15) is 14.0 Å². The predicted octanol–water partition coefficient (Wildman–Crippen LogP) is 1.39. The normalized spacial score (nSPS) is 21.1. The lowest BCUT2D eigenvalue weighted by Crippen LogP contribution is -2.38. The summed E-state index contributed by atoms with van der Waals surface area (Å²) < 4.78 is 13.8. The van der Waals surface area contributed by atoms with Gasteiger partial charge in [0, 0.05) is 32.1 Å². The summed E-state index contributed by atoms with van der Waals surface area (Å²) in [7, 11) is 2.06. The maximum absolute atomic E-state index is 13.8. The molecule has 1 N–H and O–H groups in total. The van der Waals surface area contributed by atoms with Crippen molar-refractivity contribution in [1.82, 2.24) is 10.2 Å². The third-order valence-electron chi connectivity index (χ3n) is 4.57. The molecule has 2 aliphatic rings. The molecule has 0 unspecified atom stereocenters. The molecule has 1 aliphatic carbocycles. The average Bonchev–Trinajstić information content (AvgIpc) is 3.31. The second kappa shape index (κ2) is 6.66. The van der Waals surface area contributed by atoms with Crippen molar-refractivity contribution in [2.75, 3.05) is 31.6 Å². The summed E-state index contributed by atoms with van der Waals surface area (Å²) in [5.41, 5.74) is 0.251. The molecule has 5 nitrogen and oxygen atoms in total. The number of anilines is 1. The van der Waals surface area contributed by atoms with Gasteiger partial charge in [0.2, 0.25) is 11.8 Å². The van der Waals surface area contributed by atoms with Crippen molar-refractivity contribution >= 4 is 17.5 Å². The van der Waals surface area contributed by atoms with Crippen LogP contribution in [0.15, 0.2) is 24.3 Å². The highest BCUT2D eigenvalue weighted by atomic mass is 19.1. The van der Waals surface area contributed by atoms with Crippen LogP contribution < -0.4 is 10.2 Å². The third kappa shape index (κ3) is 3.69. The Morgan fingerprint density at radius 3 is 2.83 bits per heavy atom. The van der Waals surface area contributed by atoms with Crippen molar-refractivity contribution in [1.29, 1.82) is 0 Å². The van der Waals surface area contributed by atoms with E-state index in [1.165, 1.54) is 23.8 Å². The van der Waals surface area contributed by atoms with E-state index in [4.69, 9.17) is 0 Å². The van der Waals surface area contributed by atoms with Crippen molar-refractivity contribution in [3.63, 3.8) is 0 Å². The Morgan fingerprint density at radius 1 is 1.39 bits per heavy atom. The predicted molar refractivity (Wildman–Crippen MR) is 85.5 cm³/mol. The number of likely N-dealkylation sites (N-methyl/N-ethyl adjacent to an activating group) is 1. The quantitative estimate of drug-likeness (QED) is 0.862. The van der Waals surface area contributed by atoms with Crippen molar-refractivity contribution in [2.45, 2.75) is 25.3 Å². The van der Waals surface area contributed by atoms with Crippen LogP contribution in [-0.2, 0) is 9.59 Å². The Kier molecular flexibility index (Phi) is 4.61. The fraction of sp³-hybridized carbons (Fsp3) is 0.529. The highest BCUT2D eigenvalue weighted by Gasteiger charge is 2.36. The molecule has 1 saturated heterocycles. The summed E-state index contributed by atoms with van der Waals surface area (Å²) >= 11 is 0. The number of amides is 2. The molecule has 1 atom stereocenters. The number of para-hydroxylation sites is 1. The van der Waals surface area contributed by atoms with Gasteiger partial charge in [-0.05, 0) is 32.0 Å². The first kappa shape index (κ1) is 15.9. The summed E-state index contributed by atoms with van der Waals surface area (Å²) in [5, 5.41) is 2.89. The molecule has 0 aromatic heterocycles. The number of benzene rings is 1.